The number of H-pyrrole nitrogens is 1. The fourth-order valence-electron chi connectivity index (χ4n) is 3.84. The van der Waals surface area contributed by atoms with Crippen molar-refractivity contribution < 1.29 is 9.21 Å². The molecular weight excluding hydrogens is 342 g/mol. The molecule has 3 aromatic rings. The summed E-state index contributed by atoms with van der Waals surface area (Å²) in [7, 11) is 0. The number of furan rings is 1. The van der Waals surface area contributed by atoms with Crippen molar-refractivity contribution >= 4 is 22.6 Å². The van der Waals surface area contributed by atoms with E-state index in [9.17, 15) is 9.59 Å². The fourth-order valence-corrected chi connectivity index (χ4v) is 3.84. The van der Waals surface area contributed by atoms with Crippen LogP contribution in [-0.4, -0.2) is 22.5 Å². The van der Waals surface area contributed by atoms with Crippen LogP contribution in [0.5, 0.6) is 0 Å². The Morgan fingerprint density at radius 1 is 1.22 bits per heavy atom. The molecule has 1 fully saturated rings. The standard InChI is InChI=1S/C21H23N3O3/c1-14-12-20(25)23-17-13-15(8-9-16(14)17)22-21(26)24-10-4-2-3-6-18(24)19-7-5-11-27-19/h5,7-9,11-13,18H,2-4,6,10H2,1H3,(H,22,26)(H,23,25)/t18-/m0/s1. The van der Waals surface area contributed by atoms with Gasteiger partial charge in [0.15, 0.2) is 0 Å². The summed E-state index contributed by atoms with van der Waals surface area (Å²) < 4.78 is 5.58. The number of nitrogens with zero attached hydrogens (tertiary/aromatic N) is 1. The molecule has 0 spiro atoms. The number of fused-ring (bicyclic) bond motifs is 1. The van der Waals surface area contributed by atoms with Gasteiger partial charge in [-0.2, -0.15) is 0 Å². The molecule has 2 aromatic heterocycles. The van der Waals surface area contributed by atoms with Crippen LogP contribution < -0.4 is 10.9 Å². The van der Waals surface area contributed by atoms with Crippen molar-refractivity contribution in [3.63, 3.8) is 0 Å². The first-order chi connectivity index (χ1) is 13.1. The van der Waals surface area contributed by atoms with E-state index in [0.717, 1.165) is 47.9 Å². The lowest BCUT2D eigenvalue weighted by Gasteiger charge is -2.28. The van der Waals surface area contributed by atoms with Crippen LogP contribution in [0.4, 0.5) is 10.5 Å². The molecule has 27 heavy (non-hydrogen) atoms. The number of hydrogen-bond acceptors (Lipinski definition) is 3. The average Bonchev–Trinajstić information content (AvgIpc) is 3.05. The van der Waals surface area contributed by atoms with Gasteiger partial charge >= 0.3 is 6.03 Å². The van der Waals surface area contributed by atoms with Crippen LogP contribution in [0.15, 0.2) is 51.9 Å². The summed E-state index contributed by atoms with van der Waals surface area (Å²) in [5, 5.41) is 3.95. The molecular formula is C21H23N3O3. The number of aryl methyl sites for hydroxylation is 1. The van der Waals surface area contributed by atoms with Crippen LogP contribution in [0.1, 0.15) is 43.0 Å². The topological polar surface area (TPSA) is 78.3 Å². The molecule has 0 saturated carbocycles. The minimum absolute atomic E-state index is 0.0509. The van der Waals surface area contributed by atoms with Gasteiger partial charge in [-0.15, -0.1) is 0 Å². The number of carbonyl (C=O) groups is 1. The van der Waals surface area contributed by atoms with Gasteiger partial charge in [-0.1, -0.05) is 18.9 Å². The number of pyridine rings is 1. The summed E-state index contributed by atoms with van der Waals surface area (Å²) in [6.45, 7) is 2.60. The highest BCUT2D eigenvalue weighted by molar-refractivity contribution is 5.93. The second-order valence-corrected chi connectivity index (χ2v) is 7.08. The predicted molar refractivity (Wildman–Crippen MR) is 105 cm³/mol. The Kier molecular flexibility index (Phi) is 4.71. The van der Waals surface area contributed by atoms with E-state index in [1.165, 1.54) is 0 Å². The minimum Gasteiger partial charge on any atom is -0.467 e. The number of rotatable bonds is 2. The molecule has 6 heteroatoms. The molecule has 1 aliphatic heterocycles. The van der Waals surface area contributed by atoms with Gasteiger partial charge < -0.3 is 19.6 Å². The quantitative estimate of drug-likeness (QED) is 0.698. The largest absolute Gasteiger partial charge is 0.467 e. The van der Waals surface area contributed by atoms with Crippen LogP contribution in [0, 0.1) is 6.92 Å². The maximum Gasteiger partial charge on any atom is 0.322 e. The van der Waals surface area contributed by atoms with Crippen LogP contribution in [0.25, 0.3) is 10.9 Å². The smallest absolute Gasteiger partial charge is 0.322 e. The molecule has 140 valence electrons. The Labute approximate surface area is 157 Å². The normalized spacial score (nSPS) is 17.7. The van der Waals surface area contributed by atoms with Crippen molar-refractivity contribution in [1.29, 1.82) is 0 Å². The van der Waals surface area contributed by atoms with Crippen molar-refractivity contribution in [1.82, 2.24) is 9.88 Å². The van der Waals surface area contributed by atoms with Crippen molar-refractivity contribution in [2.45, 2.75) is 38.6 Å². The monoisotopic (exact) mass is 365 g/mol. The van der Waals surface area contributed by atoms with E-state index in [1.807, 2.05) is 36.1 Å². The lowest BCUT2D eigenvalue weighted by atomic mass is 10.1. The van der Waals surface area contributed by atoms with Crippen molar-refractivity contribution in [2.24, 2.45) is 0 Å². The first-order valence-corrected chi connectivity index (χ1v) is 9.36. The van der Waals surface area contributed by atoms with Gasteiger partial charge in [0.25, 0.3) is 0 Å². The number of anilines is 1. The molecule has 1 saturated heterocycles. The van der Waals surface area contributed by atoms with E-state index in [-0.39, 0.29) is 17.6 Å². The van der Waals surface area contributed by atoms with Gasteiger partial charge in [-0.05, 0) is 49.6 Å². The predicted octanol–water partition coefficient (Wildman–Crippen LogP) is 4.58. The number of amides is 2. The summed E-state index contributed by atoms with van der Waals surface area (Å²) in [6.07, 6.45) is 5.71. The molecule has 1 atom stereocenters. The van der Waals surface area contributed by atoms with Crippen LogP contribution in [-0.2, 0) is 0 Å². The molecule has 1 aliphatic rings. The number of nitrogens with one attached hydrogen (secondary N) is 2. The first kappa shape index (κ1) is 17.4. The van der Waals surface area contributed by atoms with E-state index < -0.39 is 0 Å². The Hall–Kier alpha value is -3.02. The maximum absolute atomic E-state index is 13.0. The molecule has 3 heterocycles. The zero-order valence-corrected chi connectivity index (χ0v) is 15.3. The zero-order chi connectivity index (χ0) is 18.8. The lowest BCUT2D eigenvalue weighted by Crippen LogP contribution is -2.37. The number of benzene rings is 1. The molecule has 2 amide bonds. The molecule has 4 rings (SSSR count). The van der Waals surface area contributed by atoms with Gasteiger partial charge in [0.2, 0.25) is 5.56 Å². The average molecular weight is 365 g/mol. The number of aromatic amines is 1. The van der Waals surface area contributed by atoms with Crippen LogP contribution in [0.3, 0.4) is 0 Å². The molecule has 0 aliphatic carbocycles. The highest BCUT2D eigenvalue weighted by Gasteiger charge is 2.28. The van der Waals surface area contributed by atoms with Gasteiger partial charge in [0.1, 0.15) is 5.76 Å². The Balaban J connectivity index is 1.60. The Morgan fingerprint density at radius 2 is 2.11 bits per heavy atom. The molecule has 0 bridgehead atoms. The van der Waals surface area contributed by atoms with Gasteiger partial charge in [-0.3, -0.25) is 4.79 Å². The Bertz CT molecular complexity index is 1010. The first-order valence-electron chi connectivity index (χ1n) is 9.36. The minimum atomic E-state index is -0.146. The van der Waals surface area contributed by atoms with Crippen LogP contribution >= 0.6 is 0 Å². The summed E-state index contributed by atoms with van der Waals surface area (Å²) in [6, 6.07) is 10.8. The highest BCUT2D eigenvalue weighted by Crippen LogP contribution is 2.31. The van der Waals surface area contributed by atoms with Crippen LogP contribution in [0.2, 0.25) is 0 Å². The third-order valence-electron chi connectivity index (χ3n) is 5.19. The van der Waals surface area contributed by atoms with Gasteiger partial charge in [0, 0.05) is 23.7 Å². The molecule has 1 aromatic carbocycles. The van der Waals surface area contributed by atoms with Crippen molar-refractivity contribution in [3.8, 4) is 0 Å². The zero-order valence-electron chi connectivity index (χ0n) is 15.3. The van der Waals surface area contributed by atoms with Crippen molar-refractivity contribution in [2.75, 3.05) is 11.9 Å². The lowest BCUT2D eigenvalue weighted by molar-refractivity contribution is 0.179. The molecule has 0 radical (unpaired) electrons. The SMILES string of the molecule is Cc1cc(=O)[nH]c2cc(NC(=O)N3CCCCC[C@H]3c3ccco3)ccc12. The molecule has 2 N–H and O–H groups in total. The molecule has 0 unspecified atom stereocenters. The number of carbonyl (C=O) groups excluding carboxylic acids is 1. The summed E-state index contributed by atoms with van der Waals surface area (Å²) in [5.41, 5.74) is 2.15. The van der Waals surface area contributed by atoms with E-state index in [1.54, 1.807) is 18.4 Å². The van der Waals surface area contributed by atoms with E-state index in [2.05, 4.69) is 10.3 Å². The number of hydrogen-bond donors (Lipinski definition) is 2. The second-order valence-electron chi connectivity index (χ2n) is 7.08. The number of likely N-dealkylation sites (tertiary alicyclic amines) is 1. The van der Waals surface area contributed by atoms with E-state index >= 15 is 0 Å². The number of aromatic nitrogens is 1. The Morgan fingerprint density at radius 3 is 2.93 bits per heavy atom. The van der Waals surface area contributed by atoms with Gasteiger partial charge in [0.05, 0.1) is 17.8 Å². The van der Waals surface area contributed by atoms with Crippen molar-refractivity contribution in [3.05, 3.63) is 64.3 Å². The number of urea groups is 1. The van der Waals surface area contributed by atoms with E-state index in [4.69, 9.17) is 4.42 Å². The third-order valence-corrected chi connectivity index (χ3v) is 5.19. The van der Waals surface area contributed by atoms with Gasteiger partial charge in [-0.25, -0.2) is 4.79 Å². The fraction of sp³-hybridized carbons (Fsp3) is 0.333. The highest BCUT2D eigenvalue weighted by atomic mass is 16.3. The maximum atomic E-state index is 13.0. The second kappa shape index (κ2) is 7.31. The third kappa shape index (κ3) is 3.60. The molecule has 6 nitrogen and oxygen atoms in total. The summed E-state index contributed by atoms with van der Waals surface area (Å²) in [4.78, 5) is 29.4. The van der Waals surface area contributed by atoms with E-state index in [0.29, 0.717) is 12.2 Å². The summed E-state index contributed by atoms with van der Waals surface area (Å²) in [5.74, 6) is 0.825. The summed E-state index contributed by atoms with van der Waals surface area (Å²) >= 11 is 0.